The number of pyridine rings is 2. The zero-order valence-corrected chi connectivity index (χ0v) is 8.22. The summed E-state index contributed by atoms with van der Waals surface area (Å²) < 4.78 is 13.2. The lowest BCUT2D eigenvalue weighted by atomic mass is 10.3. The molecule has 0 saturated carbocycles. The minimum atomic E-state index is -0.657. The first-order valence-corrected chi connectivity index (χ1v) is 4.60. The predicted molar refractivity (Wildman–Crippen MR) is 56.4 cm³/mol. The van der Waals surface area contributed by atoms with Crippen molar-refractivity contribution in [2.24, 2.45) is 0 Å². The van der Waals surface area contributed by atoms with Gasteiger partial charge in [-0.3, -0.25) is 4.79 Å². The van der Waals surface area contributed by atoms with Gasteiger partial charge < -0.3 is 5.32 Å². The van der Waals surface area contributed by atoms with Crippen LogP contribution in [0, 0.1) is 5.82 Å². The summed E-state index contributed by atoms with van der Waals surface area (Å²) in [4.78, 5) is 19.1. The number of hydrogen-bond donors (Lipinski definition) is 1. The molecule has 0 atom stereocenters. The second kappa shape index (κ2) is 4.48. The number of hydrogen-bond acceptors (Lipinski definition) is 3. The lowest BCUT2D eigenvalue weighted by molar-refractivity contribution is 0.101. The molecule has 0 unspecified atom stereocenters. The molecule has 0 saturated heterocycles. The van der Waals surface area contributed by atoms with Crippen LogP contribution in [-0.4, -0.2) is 15.9 Å². The second-order valence-electron chi connectivity index (χ2n) is 3.00. The van der Waals surface area contributed by atoms with Crippen molar-refractivity contribution in [3.8, 4) is 0 Å². The van der Waals surface area contributed by atoms with Gasteiger partial charge in [-0.05, 0) is 24.3 Å². The summed E-state index contributed by atoms with van der Waals surface area (Å²) in [5.74, 6) is -0.912. The molecular weight excluding hydrogens is 209 g/mol. The molecule has 0 aliphatic carbocycles. The van der Waals surface area contributed by atoms with Crippen LogP contribution >= 0.6 is 0 Å². The molecule has 2 rings (SSSR count). The normalized spacial score (nSPS) is 9.81. The maximum atomic E-state index is 13.2. The van der Waals surface area contributed by atoms with Crippen LogP contribution in [0.2, 0.25) is 0 Å². The van der Waals surface area contributed by atoms with Crippen LogP contribution < -0.4 is 5.32 Å². The lowest BCUT2D eigenvalue weighted by Gasteiger charge is -2.03. The predicted octanol–water partition coefficient (Wildman–Crippen LogP) is 1.87. The zero-order chi connectivity index (χ0) is 11.4. The van der Waals surface area contributed by atoms with Crippen LogP contribution in [0.3, 0.4) is 0 Å². The molecule has 1 amide bonds. The highest BCUT2D eigenvalue weighted by molar-refractivity contribution is 6.02. The van der Waals surface area contributed by atoms with Gasteiger partial charge in [-0.25, -0.2) is 14.4 Å². The van der Waals surface area contributed by atoms with Crippen molar-refractivity contribution in [1.82, 2.24) is 9.97 Å². The number of carbonyl (C=O) groups is 1. The Balaban J connectivity index is 2.19. The summed E-state index contributed by atoms with van der Waals surface area (Å²) >= 11 is 0. The average molecular weight is 217 g/mol. The van der Waals surface area contributed by atoms with Gasteiger partial charge in [0.15, 0.2) is 11.5 Å². The Labute approximate surface area is 91.2 Å². The molecule has 2 aromatic rings. The number of amides is 1. The molecule has 0 aliphatic heterocycles. The minimum absolute atomic E-state index is 0.242. The van der Waals surface area contributed by atoms with E-state index in [1.807, 2.05) is 0 Å². The number of nitrogens with one attached hydrogen (secondary N) is 1. The molecule has 0 aliphatic rings. The largest absolute Gasteiger partial charge is 0.305 e. The van der Waals surface area contributed by atoms with E-state index in [4.69, 9.17) is 0 Å². The van der Waals surface area contributed by atoms with Crippen molar-refractivity contribution in [3.05, 3.63) is 54.2 Å². The number of aromatic nitrogens is 2. The summed E-state index contributed by atoms with van der Waals surface area (Å²) in [6.45, 7) is 0. The number of nitrogens with zero attached hydrogens (tertiary/aromatic N) is 2. The first-order chi connectivity index (χ1) is 7.77. The fourth-order valence-electron chi connectivity index (χ4n) is 1.16. The SMILES string of the molecule is O=C(Nc1ccccn1)c1ncccc1F. The molecule has 0 radical (unpaired) electrons. The third-order valence-electron chi connectivity index (χ3n) is 1.88. The smallest absolute Gasteiger partial charge is 0.278 e. The van der Waals surface area contributed by atoms with E-state index in [0.29, 0.717) is 5.82 Å². The van der Waals surface area contributed by atoms with Crippen molar-refractivity contribution >= 4 is 11.7 Å². The van der Waals surface area contributed by atoms with E-state index in [2.05, 4.69) is 15.3 Å². The first kappa shape index (κ1) is 10.2. The maximum Gasteiger partial charge on any atom is 0.278 e. The molecule has 0 aromatic carbocycles. The summed E-state index contributed by atoms with van der Waals surface area (Å²) in [6.07, 6.45) is 2.89. The van der Waals surface area contributed by atoms with Crippen LogP contribution in [0.4, 0.5) is 10.2 Å². The van der Waals surface area contributed by atoms with Gasteiger partial charge in [-0.1, -0.05) is 6.07 Å². The van der Waals surface area contributed by atoms with Crippen LogP contribution in [0.5, 0.6) is 0 Å². The maximum absolute atomic E-state index is 13.2. The van der Waals surface area contributed by atoms with Gasteiger partial charge in [0.1, 0.15) is 5.82 Å². The monoisotopic (exact) mass is 217 g/mol. The highest BCUT2D eigenvalue weighted by Crippen LogP contribution is 2.06. The van der Waals surface area contributed by atoms with E-state index in [-0.39, 0.29) is 5.69 Å². The number of anilines is 1. The van der Waals surface area contributed by atoms with Gasteiger partial charge in [0.05, 0.1) is 0 Å². The van der Waals surface area contributed by atoms with Crippen molar-refractivity contribution in [2.75, 3.05) is 5.32 Å². The van der Waals surface area contributed by atoms with Gasteiger partial charge in [0.2, 0.25) is 0 Å². The standard InChI is InChI=1S/C11H8FN3O/c12-8-4-3-7-14-10(8)11(16)15-9-5-1-2-6-13-9/h1-7H,(H,13,15,16). The Morgan fingerprint density at radius 3 is 2.62 bits per heavy atom. The molecule has 1 N–H and O–H groups in total. The van der Waals surface area contributed by atoms with Crippen molar-refractivity contribution in [2.45, 2.75) is 0 Å². The third-order valence-corrected chi connectivity index (χ3v) is 1.88. The molecule has 2 heterocycles. The van der Waals surface area contributed by atoms with E-state index in [9.17, 15) is 9.18 Å². The Morgan fingerprint density at radius 2 is 1.94 bits per heavy atom. The van der Waals surface area contributed by atoms with Gasteiger partial charge >= 0.3 is 0 Å². The van der Waals surface area contributed by atoms with Crippen LogP contribution in [0.25, 0.3) is 0 Å². The summed E-state index contributed by atoms with van der Waals surface area (Å²) in [6, 6.07) is 7.65. The molecule has 0 bridgehead atoms. The highest BCUT2D eigenvalue weighted by atomic mass is 19.1. The highest BCUT2D eigenvalue weighted by Gasteiger charge is 2.12. The van der Waals surface area contributed by atoms with Crippen LogP contribution in [0.1, 0.15) is 10.5 Å². The van der Waals surface area contributed by atoms with Gasteiger partial charge in [0, 0.05) is 12.4 Å². The topological polar surface area (TPSA) is 54.9 Å². The summed E-state index contributed by atoms with van der Waals surface area (Å²) in [5, 5.41) is 2.45. The third kappa shape index (κ3) is 2.20. The summed E-state index contributed by atoms with van der Waals surface area (Å²) in [5.41, 5.74) is -0.242. The van der Waals surface area contributed by atoms with E-state index < -0.39 is 11.7 Å². The van der Waals surface area contributed by atoms with Gasteiger partial charge in [-0.15, -0.1) is 0 Å². The molecule has 4 nitrogen and oxygen atoms in total. The van der Waals surface area contributed by atoms with E-state index >= 15 is 0 Å². The van der Waals surface area contributed by atoms with Crippen LogP contribution in [0.15, 0.2) is 42.7 Å². The van der Waals surface area contributed by atoms with Crippen molar-refractivity contribution < 1.29 is 9.18 Å². The molecule has 80 valence electrons. The number of halogens is 1. The van der Waals surface area contributed by atoms with E-state index in [0.717, 1.165) is 0 Å². The Morgan fingerprint density at radius 1 is 1.12 bits per heavy atom. The first-order valence-electron chi connectivity index (χ1n) is 4.60. The molecule has 5 heteroatoms. The second-order valence-corrected chi connectivity index (χ2v) is 3.00. The van der Waals surface area contributed by atoms with Crippen molar-refractivity contribution in [3.63, 3.8) is 0 Å². The fraction of sp³-hybridized carbons (Fsp3) is 0. The average Bonchev–Trinajstić information content (AvgIpc) is 2.31. The molecule has 0 fully saturated rings. The minimum Gasteiger partial charge on any atom is -0.305 e. The molecule has 2 aromatic heterocycles. The Hall–Kier alpha value is -2.30. The van der Waals surface area contributed by atoms with E-state index in [1.54, 1.807) is 18.2 Å². The van der Waals surface area contributed by atoms with Gasteiger partial charge in [0.25, 0.3) is 5.91 Å². The Kier molecular flexibility index (Phi) is 2.86. The number of carbonyl (C=O) groups excluding carboxylic acids is 1. The lowest BCUT2D eigenvalue weighted by Crippen LogP contribution is -2.16. The van der Waals surface area contributed by atoms with Crippen molar-refractivity contribution in [1.29, 1.82) is 0 Å². The number of rotatable bonds is 2. The quantitative estimate of drug-likeness (QED) is 0.835. The van der Waals surface area contributed by atoms with Crippen LogP contribution in [-0.2, 0) is 0 Å². The van der Waals surface area contributed by atoms with E-state index in [1.165, 1.54) is 24.5 Å². The zero-order valence-electron chi connectivity index (χ0n) is 8.22. The molecular formula is C11H8FN3O. The Bertz CT molecular complexity index is 502. The molecule has 16 heavy (non-hydrogen) atoms. The fourth-order valence-corrected chi connectivity index (χ4v) is 1.16. The van der Waals surface area contributed by atoms with Gasteiger partial charge in [-0.2, -0.15) is 0 Å². The summed E-state index contributed by atoms with van der Waals surface area (Å²) in [7, 11) is 0. The molecule has 0 spiro atoms.